The van der Waals surface area contributed by atoms with Crippen molar-refractivity contribution in [2.75, 3.05) is 0 Å². The van der Waals surface area contributed by atoms with Gasteiger partial charge < -0.3 is 9.84 Å². The number of aliphatic carboxylic acids is 1. The number of carboxylic acid groups (broad SMARTS) is 1. The first kappa shape index (κ1) is 14.1. The molecule has 0 aliphatic carbocycles. The second-order valence-electron chi connectivity index (χ2n) is 4.55. The van der Waals surface area contributed by atoms with Crippen molar-refractivity contribution < 1.29 is 19.0 Å². The molecule has 1 N–H and O–H groups in total. The van der Waals surface area contributed by atoms with E-state index in [0.29, 0.717) is 11.3 Å². The third-order valence-corrected chi connectivity index (χ3v) is 2.94. The molecule has 0 aliphatic heterocycles. The predicted molar refractivity (Wildman–Crippen MR) is 73.3 cm³/mol. The van der Waals surface area contributed by atoms with Crippen molar-refractivity contribution in [2.45, 2.75) is 19.4 Å². The number of aryl methyl sites for hydroxylation is 1. The van der Waals surface area contributed by atoms with Crippen molar-refractivity contribution in [3.8, 4) is 5.75 Å². The van der Waals surface area contributed by atoms with Crippen LogP contribution in [0.1, 0.15) is 11.1 Å². The van der Waals surface area contributed by atoms with Crippen molar-refractivity contribution >= 4 is 5.97 Å². The number of benzene rings is 2. The van der Waals surface area contributed by atoms with Crippen molar-refractivity contribution in [1.82, 2.24) is 0 Å². The highest BCUT2D eigenvalue weighted by atomic mass is 19.1. The summed E-state index contributed by atoms with van der Waals surface area (Å²) in [4.78, 5) is 11.2. The lowest BCUT2D eigenvalue weighted by Crippen LogP contribution is -2.29. The number of hydrogen-bond donors (Lipinski definition) is 1. The Morgan fingerprint density at radius 2 is 1.85 bits per heavy atom. The molecule has 0 amide bonds. The summed E-state index contributed by atoms with van der Waals surface area (Å²) >= 11 is 0. The molecule has 0 fully saturated rings. The van der Waals surface area contributed by atoms with E-state index in [9.17, 15) is 14.3 Å². The molecule has 3 nitrogen and oxygen atoms in total. The van der Waals surface area contributed by atoms with Crippen LogP contribution in [0.15, 0.2) is 48.5 Å². The minimum Gasteiger partial charge on any atom is -0.478 e. The van der Waals surface area contributed by atoms with Crippen LogP contribution in [0.2, 0.25) is 0 Å². The van der Waals surface area contributed by atoms with E-state index in [1.54, 1.807) is 30.3 Å². The summed E-state index contributed by atoms with van der Waals surface area (Å²) in [5.41, 5.74) is 1.38. The lowest BCUT2D eigenvalue weighted by molar-refractivity contribution is -0.145. The van der Waals surface area contributed by atoms with E-state index < -0.39 is 17.9 Å². The van der Waals surface area contributed by atoms with Crippen LogP contribution < -0.4 is 4.74 Å². The van der Waals surface area contributed by atoms with Gasteiger partial charge in [0.1, 0.15) is 11.6 Å². The van der Waals surface area contributed by atoms with E-state index in [0.717, 1.165) is 5.56 Å². The summed E-state index contributed by atoms with van der Waals surface area (Å²) in [6, 6.07) is 13.2. The molecular weight excluding hydrogens is 259 g/mol. The minimum absolute atomic E-state index is 0.0180. The number of ether oxygens (including phenoxy) is 1. The van der Waals surface area contributed by atoms with Gasteiger partial charge in [-0.05, 0) is 30.7 Å². The van der Waals surface area contributed by atoms with E-state index in [1.165, 1.54) is 6.07 Å². The highest BCUT2D eigenvalue weighted by Gasteiger charge is 2.21. The van der Waals surface area contributed by atoms with Gasteiger partial charge in [-0.1, -0.05) is 35.9 Å². The Hall–Kier alpha value is -2.36. The minimum atomic E-state index is -1.12. The van der Waals surface area contributed by atoms with Crippen molar-refractivity contribution in [1.29, 1.82) is 0 Å². The highest BCUT2D eigenvalue weighted by Crippen LogP contribution is 2.17. The maximum absolute atomic E-state index is 13.6. The molecule has 20 heavy (non-hydrogen) atoms. The normalized spacial score (nSPS) is 11.9. The molecule has 2 aromatic rings. The molecule has 0 spiro atoms. The molecule has 0 radical (unpaired) electrons. The topological polar surface area (TPSA) is 46.5 Å². The van der Waals surface area contributed by atoms with Crippen LogP contribution in [0, 0.1) is 12.7 Å². The zero-order valence-electron chi connectivity index (χ0n) is 11.0. The van der Waals surface area contributed by atoms with Gasteiger partial charge in [-0.2, -0.15) is 0 Å². The molecule has 2 rings (SSSR count). The summed E-state index contributed by atoms with van der Waals surface area (Å²) < 4.78 is 19.0. The lowest BCUT2D eigenvalue weighted by atomic mass is 10.1. The first-order valence-corrected chi connectivity index (χ1v) is 6.26. The third kappa shape index (κ3) is 3.57. The van der Waals surface area contributed by atoms with Crippen LogP contribution in [-0.2, 0) is 11.2 Å². The van der Waals surface area contributed by atoms with Gasteiger partial charge in [0.2, 0.25) is 0 Å². The number of halogens is 1. The molecule has 4 heteroatoms. The van der Waals surface area contributed by atoms with E-state index >= 15 is 0 Å². The number of carbonyl (C=O) groups is 1. The SMILES string of the molecule is Cc1ccc(O[C@H](Cc2ccccc2F)C(=O)O)cc1. The molecule has 0 aromatic heterocycles. The highest BCUT2D eigenvalue weighted by molar-refractivity contribution is 5.73. The average Bonchev–Trinajstić information content (AvgIpc) is 2.42. The fraction of sp³-hybridized carbons (Fsp3) is 0.188. The quantitative estimate of drug-likeness (QED) is 0.910. The van der Waals surface area contributed by atoms with Crippen molar-refractivity contribution in [2.24, 2.45) is 0 Å². The van der Waals surface area contributed by atoms with E-state index in [2.05, 4.69) is 0 Å². The van der Waals surface area contributed by atoms with Gasteiger partial charge in [-0.25, -0.2) is 9.18 Å². The Bertz CT molecular complexity index is 593. The fourth-order valence-electron chi connectivity index (χ4n) is 1.82. The van der Waals surface area contributed by atoms with Crippen molar-refractivity contribution in [3.63, 3.8) is 0 Å². The fourth-order valence-corrected chi connectivity index (χ4v) is 1.82. The second kappa shape index (κ2) is 6.19. The monoisotopic (exact) mass is 274 g/mol. The van der Waals surface area contributed by atoms with Gasteiger partial charge in [-0.15, -0.1) is 0 Å². The van der Waals surface area contributed by atoms with Gasteiger partial charge in [0.05, 0.1) is 0 Å². The van der Waals surface area contributed by atoms with Gasteiger partial charge in [0, 0.05) is 6.42 Å². The number of rotatable bonds is 5. The second-order valence-corrected chi connectivity index (χ2v) is 4.55. The van der Waals surface area contributed by atoms with E-state index in [-0.39, 0.29) is 6.42 Å². The van der Waals surface area contributed by atoms with Gasteiger partial charge in [0.25, 0.3) is 0 Å². The van der Waals surface area contributed by atoms with Crippen LogP contribution in [0.25, 0.3) is 0 Å². The molecule has 0 heterocycles. The molecule has 1 atom stereocenters. The first-order valence-electron chi connectivity index (χ1n) is 6.26. The Morgan fingerprint density at radius 1 is 1.20 bits per heavy atom. The predicted octanol–water partition coefficient (Wildman–Crippen LogP) is 3.21. The van der Waals surface area contributed by atoms with Crippen LogP contribution in [0.5, 0.6) is 5.75 Å². The van der Waals surface area contributed by atoms with Gasteiger partial charge >= 0.3 is 5.97 Å². The van der Waals surface area contributed by atoms with Crippen LogP contribution in [0.4, 0.5) is 4.39 Å². The summed E-state index contributed by atoms with van der Waals surface area (Å²) in [7, 11) is 0. The molecule has 104 valence electrons. The zero-order valence-corrected chi connectivity index (χ0v) is 11.0. The standard InChI is InChI=1S/C16H15FO3/c1-11-6-8-13(9-7-11)20-15(16(18)19)10-12-4-2-3-5-14(12)17/h2-9,15H,10H2,1H3,(H,18,19)/t15-/m1/s1. The summed E-state index contributed by atoms with van der Waals surface area (Å²) in [6.07, 6.45) is -1.13. The van der Waals surface area contributed by atoms with Crippen LogP contribution in [-0.4, -0.2) is 17.2 Å². The molecule has 0 saturated heterocycles. The largest absolute Gasteiger partial charge is 0.478 e. The molecule has 0 unspecified atom stereocenters. The Kier molecular flexibility index (Phi) is 4.35. The van der Waals surface area contributed by atoms with E-state index in [4.69, 9.17) is 4.74 Å². The molecular formula is C16H15FO3. The van der Waals surface area contributed by atoms with Crippen LogP contribution >= 0.6 is 0 Å². The van der Waals surface area contributed by atoms with E-state index in [1.807, 2.05) is 19.1 Å². The van der Waals surface area contributed by atoms with Gasteiger partial charge in [-0.3, -0.25) is 0 Å². The van der Waals surface area contributed by atoms with Gasteiger partial charge in [0.15, 0.2) is 6.10 Å². The first-order chi connectivity index (χ1) is 9.56. The number of hydrogen-bond acceptors (Lipinski definition) is 2. The average molecular weight is 274 g/mol. The Morgan fingerprint density at radius 3 is 2.45 bits per heavy atom. The summed E-state index contributed by atoms with van der Waals surface area (Å²) in [6.45, 7) is 1.93. The maximum Gasteiger partial charge on any atom is 0.345 e. The Labute approximate surface area is 116 Å². The van der Waals surface area contributed by atoms with Crippen LogP contribution in [0.3, 0.4) is 0 Å². The smallest absolute Gasteiger partial charge is 0.345 e. The lowest BCUT2D eigenvalue weighted by Gasteiger charge is -2.15. The molecule has 0 aliphatic rings. The van der Waals surface area contributed by atoms with Crippen molar-refractivity contribution in [3.05, 3.63) is 65.5 Å². The summed E-state index contributed by atoms with van der Waals surface area (Å²) in [5, 5.41) is 9.19. The maximum atomic E-state index is 13.6. The Balaban J connectivity index is 2.14. The molecule has 2 aromatic carbocycles. The zero-order chi connectivity index (χ0) is 14.5. The molecule has 0 saturated carbocycles. The third-order valence-electron chi connectivity index (χ3n) is 2.94. The number of carboxylic acids is 1. The molecule has 0 bridgehead atoms. The summed E-state index contributed by atoms with van der Waals surface area (Å²) in [5.74, 6) is -1.08.